The monoisotopic (exact) mass is 557 g/mol. The van der Waals surface area contributed by atoms with E-state index < -0.39 is 30.0 Å². The topological polar surface area (TPSA) is 111 Å². The van der Waals surface area contributed by atoms with Crippen molar-refractivity contribution in [3.63, 3.8) is 0 Å². The minimum atomic E-state index is -1.02. The molecule has 0 aliphatic carbocycles. The molecule has 0 spiro atoms. The molecule has 182 valence electrons. The van der Waals surface area contributed by atoms with Crippen LogP contribution in [0.5, 0.6) is 0 Å². The van der Waals surface area contributed by atoms with Gasteiger partial charge in [0.15, 0.2) is 0 Å². The maximum atomic E-state index is 13.2. The quantitative estimate of drug-likeness (QED) is 0.347. The lowest BCUT2D eigenvalue weighted by Crippen LogP contribution is -2.54. The molecular weight excluding hydrogens is 534 g/mol. The van der Waals surface area contributed by atoms with E-state index in [1.54, 1.807) is 18.2 Å². The number of nitrogens with two attached hydrogens (primary N) is 1. The van der Waals surface area contributed by atoms with Gasteiger partial charge < -0.3 is 21.1 Å². The number of carbonyl (C=O) groups excluding carboxylic acids is 3. The van der Waals surface area contributed by atoms with Gasteiger partial charge in [-0.25, -0.2) is 4.79 Å². The lowest BCUT2D eigenvalue weighted by atomic mass is 10.0. The van der Waals surface area contributed by atoms with Crippen LogP contribution in [0, 0.1) is 0 Å². The van der Waals surface area contributed by atoms with Crippen molar-refractivity contribution in [2.45, 2.75) is 31.5 Å². The normalized spacial score (nSPS) is 12.3. The van der Waals surface area contributed by atoms with E-state index in [9.17, 15) is 14.4 Å². The molecule has 3 rings (SSSR count). The van der Waals surface area contributed by atoms with Crippen LogP contribution in [0.2, 0.25) is 5.02 Å². The molecule has 3 aromatic rings. The smallest absolute Gasteiger partial charge is 0.408 e. The largest absolute Gasteiger partial charge is 0.445 e. The van der Waals surface area contributed by atoms with E-state index in [0.717, 1.165) is 15.6 Å². The van der Waals surface area contributed by atoms with Crippen LogP contribution in [-0.2, 0) is 33.8 Å². The van der Waals surface area contributed by atoms with Gasteiger partial charge in [-0.15, -0.1) is 0 Å². The molecule has 0 aliphatic rings. The van der Waals surface area contributed by atoms with E-state index in [1.807, 2.05) is 60.7 Å². The number of nitrogens with one attached hydrogen (secondary N) is 2. The highest BCUT2D eigenvalue weighted by Crippen LogP contribution is 2.22. The summed E-state index contributed by atoms with van der Waals surface area (Å²) in [6, 6.07) is 21.5. The molecule has 0 heterocycles. The van der Waals surface area contributed by atoms with Crippen molar-refractivity contribution >= 4 is 45.4 Å². The van der Waals surface area contributed by atoms with Crippen molar-refractivity contribution in [2.24, 2.45) is 5.73 Å². The minimum Gasteiger partial charge on any atom is -0.445 e. The number of amides is 3. The van der Waals surface area contributed by atoms with E-state index in [2.05, 4.69) is 26.6 Å². The van der Waals surface area contributed by atoms with Crippen LogP contribution in [0.15, 0.2) is 83.3 Å². The number of carbonyl (C=O) groups is 3. The second kappa shape index (κ2) is 12.9. The third kappa shape index (κ3) is 8.42. The zero-order valence-electron chi connectivity index (χ0n) is 18.7. The molecule has 0 radical (unpaired) electrons. The van der Waals surface area contributed by atoms with Gasteiger partial charge in [-0.05, 0) is 34.9 Å². The van der Waals surface area contributed by atoms with Crippen LogP contribution in [0.3, 0.4) is 0 Å². The highest BCUT2D eigenvalue weighted by atomic mass is 79.9. The second-order valence-electron chi connectivity index (χ2n) is 7.85. The Labute approximate surface area is 217 Å². The Morgan fingerprint density at radius 1 is 0.857 bits per heavy atom. The van der Waals surface area contributed by atoms with Crippen LogP contribution in [0.4, 0.5) is 4.79 Å². The summed E-state index contributed by atoms with van der Waals surface area (Å²) < 4.78 is 6.01. The summed E-state index contributed by atoms with van der Waals surface area (Å²) in [5, 5.41) is 5.76. The summed E-state index contributed by atoms with van der Waals surface area (Å²) in [6.07, 6.45) is -0.434. The van der Waals surface area contributed by atoms with E-state index in [0.29, 0.717) is 10.6 Å². The molecule has 3 amide bonds. The van der Waals surface area contributed by atoms with Crippen LogP contribution in [0.1, 0.15) is 16.7 Å². The van der Waals surface area contributed by atoms with Gasteiger partial charge >= 0.3 is 6.09 Å². The maximum Gasteiger partial charge on any atom is 0.408 e. The van der Waals surface area contributed by atoms with Crippen molar-refractivity contribution in [3.8, 4) is 0 Å². The fourth-order valence-corrected chi connectivity index (χ4v) is 3.98. The highest BCUT2D eigenvalue weighted by Gasteiger charge is 2.27. The Kier molecular flexibility index (Phi) is 9.69. The molecule has 4 N–H and O–H groups in total. The summed E-state index contributed by atoms with van der Waals surface area (Å²) in [6.45, 7) is 0.0546. The minimum absolute atomic E-state index is 0.0546. The third-order valence-corrected chi connectivity index (χ3v) is 6.20. The van der Waals surface area contributed by atoms with Gasteiger partial charge in [-0.2, -0.15) is 0 Å². The molecule has 0 saturated heterocycles. The molecule has 0 bridgehead atoms. The summed E-state index contributed by atoms with van der Waals surface area (Å²) in [5.41, 5.74) is 7.91. The first-order valence-corrected chi connectivity index (χ1v) is 12.0. The van der Waals surface area contributed by atoms with Gasteiger partial charge in [-0.3, -0.25) is 9.59 Å². The number of halogens is 2. The van der Waals surface area contributed by atoms with Gasteiger partial charge in [0.05, 0.1) is 0 Å². The van der Waals surface area contributed by atoms with Crippen molar-refractivity contribution in [1.29, 1.82) is 0 Å². The summed E-state index contributed by atoms with van der Waals surface area (Å²) in [5.74, 6) is -1.28. The molecule has 2 atom stereocenters. The predicted octanol–water partition coefficient (Wildman–Crippen LogP) is 4.15. The van der Waals surface area contributed by atoms with Gasteiger partial charge in [0.25, 0.3) is 0 Å². The Morgan fingerprint density at radius 3 is 2.11 bits per heavy atom. The second-order valence-corrected chi connectivity index (χ2v) is 9.14. The number of hydrogen-bond acceptors (Lipinski definition) is 4. The number of ether oxygens (including phenoxy) is 1. The van der Waals surface area contributed by atoms with Gasteiger partial charge in [0.1, 0.15) is 18.7 Å². The molecule has 35 heavy (non-hydrogen) atoms. The standard InChI is InChI=1S/C26H25BrClN3O4/c27-21-12-11-20(28)14-19(21)15-22(24(29)32)30-25(33)23(13-17-7-3-1-4-8-17)31-26(34)35-16-18-9-5-2-6-10-18/h1-12,14,22-23H,13,15-16H2,(H2,29,32)(H,30,33)(H,31,34)/t22-,23+/m1/s1. The fourth-order valence-electron chi connectivity index (χ4n) is 3.38. The van der Waals surface area contributed by atoms with Crippen LogP contribution in [-0.4, -0.2) is 30.0 Å². The Balaban J connectivity index is 1.71. The Morgan fingerprint density at radius 2 is 1.49 bits per heavy atom. The van der Waals surface area contributed by atoms with Crippen LogP contribution >= 0.6 is 27.5 Å². The van der Waals surface area contributed by atoms with Crippen LogP contribution < -0.4 is 16.4 Å². The van der Waals surface area contributed by atoms with E-state index >= 15 is 0 Å². The number of rotatable bonds is 10. The molecule has 3 aromatic carbocycles. The van der Waals surface area contributed by atoms with Crippen molar-refractivity contribution < 1.29 is 19.1 Å². The lowest BCUT2D eigenvalue weighted by Gasteiger charge is -2.22. The Bertz CT molecular complexity index is 1160. The molecule has 9 heteroatoms. The molecule has 0 aliphatic heterocycles. The van der Waals surface area contributed by atoms with Crippen molar-refractivity contribution in [2.75, 3.05) is 0 Å². The Hall–Kier alpha value is -3.36. The molecule has 0 saturated carbocycles. The average molecular weight is 559 g/mol. The average Bonchev–Trinajstić information content (AvgIpc) is 2.85. The van der Waals surface area contributed by atoms with Crippen LogP contribution in [0.25, 0.3) is 0 Å². The molecule has 0 fully saturated rings. The van der Waals surface area contributed by atoms with Crippen molar-refractivity contribution in [1.82, 2.24) is 10.6 Å². The highest BCUT2D eigenvalue weighted by molar-refractivity contribution is 9.10. The number of benzene rings is 3. The first-order valence-electron chi connectivity index (χ1n) is 10.9. The van der Waals surface area contributed by atoms with Gasteiger partial charge in [0, 0.05) is 22.3 Å². The van der Waals surface area contributed by atoms with E-state index in [1.165, 1.54) is 0 Å². The molecular formula is C26H25BrClN3O4. The number of primary amides is 1. The van der Waals surface area contributed by atoms with Gasteiger partial charge in [0.2, 0.25) is 11.8 Å². The third-order valence-electron chi connectivity index (χ3n) is 5.20. The summed E-state index contributed by atoms with van der Waals surface area (Å²) in [4.78, 5) is 37.8. The van der Waals surface area contributed by atoms with E-state index in [4.69, 9.17) is 22.1 Å². The first kappa shape index (κ1) is 26.2. The van der Waals surface area contributed by atoms with E-state index in [-0.39, 0.29) is 19.4 Å². The summed E-state index contributed by atoms with van der Waals surface area (Å²) >= 11 is 9.49. The van der Waals surface area contributed by atoms with Gasteiger partial charge in [-0.1, -0.05) is 88.2 Å². The maximum absolute atomic E-state index is 13.2. The zero-order valence-corrected chi connectivity index (χ0v) is 21.1. The lowest BCUT2D eigenvalue weighted by molar-refractivity contribution is -0.128. The molecule has 7 nitrogen and oxygen atoms in total. The SMILES string of the molecule is NC(=O)[C@@H](Cc1cc(Cl)ccc1Br)NC(=O)[C@H](Cc1ccccc1)NC(=O)OCc1ccccc1. The zero-order chi connectivity index (χ0) is 25.2. The predicted molar refractivity (Wildman–Crippen MR) is 138 cm³/mol. The fraction of sp³-hybridized carbons (Fsp3) is 0.192. The number of alkyl carbamates (subject to hydrolysis) is 1. The molecule has 0 aromatic heterocycles. The van der Waals surface area contributed by atoms with Crippen molar-refractivity contribution in [3.05, 3.63) is 105 Å². The first-order chi connectivity index (χ1) is 16.8. The summed E-state index contributed by atoms with van der Waals surface area (Å²) in [7, 11) is 0. The number of hydrogen-bond donors (Lipinski definition) is 3. The molecule has 0 unspecified atom stereocenters.